The zero-order valence-corrected chi connectivity index (χ0v) is 14.0. The Kier molecular flexibility index (Phi) is 4.48. The summed E-state index contributed by atoms with van der Waals surface area (Å²) in [6.07, 6.45) is 4.64. The average molecular weight is 332 g/mol. The number of carbonyl (C=O) groups is 1. The van der Waals surface area contributed by atoms with Crippen LogP contribution in [-0.4, -0.2) is 41.3 Å². The molecule has 1 aromatic heterocycles. The second-order valence-corrected chi connectivity index (χ2v) is 8.37. The highest BCUT2D eigenvalue weighted by molar-refractivity contribution is 7.91. The molecule has 0 atom stereocenters. The summed E-state index contributed by atoms with van der Waals surface area (Å²) < 4.78 is 28.7. The molecule has 8 heteroatoms. The molecule has 1 aliphatic carbocycles. The minimum Gasteiger partial charge on any atom is -0.465 e. The zero-order chi connectivity index (χ0) is 15.8. The summed E-state index contributed by atoms with van der Waals surface area (Å²) in [5.41, 5.74) is 5.88. The smallest absolute Gasteiger partial charge is 0.350 e. The Bertz CT molecular complexity index is 647. The van der Waals surface area contributed by atoms with Crippen molar-refractivity contribution in [3.05, 3.63) is 4.88 Å². The third-order valence-electron chi connectivity index (χ3n) is 3.73. The van der Waals surface area contributed by atoms with Gasteiger partial charge in [-0.1, -0.05) is 6.42 Å². The fraction of sp³-hybridized carbons (Fsp3) is 0.615. The van der Waals surface area contributed by atoms with Crippen molar-refractivity contribution in [2.45, 2.75) is 24.2 Å². The van der Waals surface area contributed by atoms with Crippen LogP contribution in [0.25, 0.3) is 0 Å². The Labute approximate surface area is 128 Å². The molecule has 118 valence electrons. The van der Waals surface area contributed by atoms with Gasteiger partial charge in [0.2, 0.25) is 0 Å². The first-order valence-corrected chi connectivity index (χ1v) is 9.38. The predicted octanol–water partition coefficient (Wildman–Crippen LogP) is 1.76. The molecule has 0 amide bonds. The molecule has 0 unspecified atom stereocenters. The number of rotatable bonds is 5. The molecule has 1 heterocycles. The molecule has 21 heavy (non-hydrogen) atoms. The Balaban J connectivity index is 2.44. The zero-order valence-electron chi connectivity index (χ0n) is 12.4. The lowest BCUT2D eigenvalue weighted by Gasteiger charge is -2.30. The third-order valence-corrected chi connectivity index (χ3v) is 6.31. The van der Waals surface area contributed by atoms with Crippen molar-refractivity contribution in [1.82, 2.24) is 0 Å². The van der Waals surface area contributed by atoms with E-state index in [0.717, 1.165) is 37.0 Å². The minimum absolute atomic E-state index is 0.00944. The third kappa shape index (κ3) is 3.16. The summed E-state index contributed by atoms with van der Waals surface area (Å²) in [7, 11) is -0.437. The van der Waals surface area contributed by atoms with E-state index in [0.29, 0.717) is 10.9 Å². The van der Waals surface area contributed by atoms with Gasteiger partial charge in [0.25, 0.3) is 0 Å². The fourth-order valence-electron chi connectivity index (χ4n) is 2.42. The second kappa shape index (κ2) is 5.84. The average Bonchev–Trinajstić information content (AvgIpc) is 2.70. The Morgan fingerprint density at radius 3 is 2.52 bits per heavy atom. The van der Waals surface area contributed by atoms with Gasteiger partial charge in [-0.15, -0.1) is 11.3 Å². The van der Waals surface area contributed by atoms with Crippen LogP contribution in [0.5, 0.6) is 0 Å². The Hall–Kier alpha value is -1.28. The molecule has 6 nitrogen and oxygen atoms in total. The van der Waals surface area contributed by atoms with Gasteiger partial charge in [0.15, 0.2) is 9.84 Å². The van der Waals surface area contributed by atoms with E-state index in [1.807, 2.05) is 11.9 Å². The molecular formula is C13H20N2O4S2. The van der Waals surface area contributed by atoms with E-state index in [1.165, 1.54) is 13.5 Å². The Morgan fingerprint density at radius 1 is 1.48 bits per heavy atom. The number of nitrogen functional groups attached to an aromatic ring is 1. The van der Waals surface area contributed by atoms with Crippen LogP contribution in [0.1, 0.15) is 28.9 Å². The molecule has 0 spiro atoms. The summed E-state index contributed by atoms with van der Waals surface area (Å²) >= 11 is 1.08. The molecule has 0 bridgehead atoms. The number of hydrogen-bond acceptors (Lipinski definition) is 7. The SMILES string of the molecule is COC(=O)c1sc(N(C)CC2CCC2)c(S(C)(=O)=O)c1N. The summed E-state index contributed by atoms with van der Waals surface area (Å²) in [5, 5.41) is 0.516. The number of anilines is 2. The molecule has 1 aliphatic rings. The van der Waals surface area contributed by atoms with Crippen molar-refractivity contribution in [2.75, 3.05) is 37.6 Å². The molecule has 0 aromatic carbocycles. The van der Waals surface area contributed by atoms with Crippen LogP contribution in [0.3, 0.4) is 0 Å². The van der Waals surface area contributed by atoms with Crippen LogP contribution in [-0.2, 0) is 14.6 Å². The number of hydrogen-bond donors (Lipinski definition) is 1. The van der Waals surface area contributed by atoms with E-state index in [-0.39, 0.29) is 15.5 Å². The van der Waals surface area contributed by atoms with Gasteiger partial charge in [0.1, 0.15) is 14.8 Å². The van der Waals surface area contributed by atoms with Crippen molar-refractivity contribution in [2.24, 2.45) is 5.92 Å². The highest BCUT2D eigenvalue weighted by atomic mass is 32.2. The van der Waals surface area contributed by atoms with E-state index in [1.54, 1.807) is 0 Å². The highest BCUT2D eigenvalue weighted by Crippen LogP contribution is 2.42. The molecule has 0 aliphatic heterocycles. The summed E-state index contributed by atoms with van der Waals surface area (Å²) in [4.78, 5) is 13.8. The predicted molar refractivity (Wildman–Crippen MR) is 83.8 cm³/mol. The minimum atomic E-state index is -3.52. The monoisotopic (exact) mass is 332 g/mol. The van der Waals surface area contributed by atoms with Crippen molar-refractivity contribution in [3.63, 3.8) is 0 Å². The Morgan fingerprint density at radius 2 is 2.10 bits per heavy atom. The molecule has 0 saturated heterocycles. The van der Waals surface area contributed by atoms with Crippen LogP contribution in [0, 0.1) is 5.92 Å². The van der Waals surface area contributed by atoms with E-state index in [2.05, 4.69) is 4.74 Å². The molecule has 2 N–H and O–H groups in total. The number of sulfone groups is 1. The number of esters is 1. The van der Waals surface area contributed by atoms with E-state index in [4.69, 9.17) is 5.73 Å². The van der Waals surface area contributed by atoms with E-state index >= 15 is 0 Å². The molecular weight excluding hydrogens is 312 g/mol. The van der Waals surface area contributed by atoms with Crippen molar-refractivity contribution in [3.8, 4) is 0 Å². The van der Waals surface area contributed by atoms with Crippen LogP contribution in [0.15, 0.2) is 4.90 Å². The van der Waals surface area contributed by atoms with Crippen molar-refractivity contribution >= 4 is 37.8 Å². The van der Waals surface area contributed by atoms with Crippen molar-refractivity contribution in [1.29, 1.82) is 0 Å². The first-order chi connectivity index (χ1) is 9.75. The number of nitrogens with zero attached hydrogens (tertiary/aromatic N) is 1. The molecule has 1 aromatic rings. The van der Waals surface area contributed by atoms with Gasteiger partial charge in [0.05, 0.1) is 12.8 Å². The van der Waals surface area contributed by atoms with Gasteiger partial charge in [-0.25, -0.2) is 13.2 Å². The van der Waals surface area contributed by atoms with Gasteiger partial charge in [-0.3, -0.25) is 0 Å². The van der Waals surface area contributed by atoms with Gasteiger partial charge in [0, 0.05) is 19.8 Å². The van der Waals surface area contributed by atoms with Crippen LogP contribution in [0.4, 0.5) is 10.7 Å². The lowest BCUT2D eigenvalue weighted by atomic mass is 9.85. The van der Waals surface area contributed by atoms with Gasteiger partial charge in [-0.05, 0) is 18.8 Å². The number of nitrogens with two attached hydrogens (primary N) is 1. The maximum Gasteiger partial charge on any atom is 0.350 e. The normalized spacial score (nSPS) is 15.6. The fourth-order valence-corrected chi connectivity index (χ4v) is 5.04. The standard InChI is InChI=1S/C13H20N2O4S2/c1-15(7-8-5-4-6-8)12-11(21(3,17)18)9(14)10(20-12)13(16)19-2/h8H,4-7,14H2,1-3H3. The number of thiophene rings is 1. The molecule has 1 saturated carbocycles. The topological polar surface area (TPSA) is 89.7 Å². The lowest BCUT2D eigenvalue weighted by Crippen LogP contribution is -2.29. The van der Waals surface area contributed by atoms with Gasteiger partial charge < -0.3 is 15.4 Å². The summed E-state index contributed by atoms with van der Waals surface area (Å²) in [6.45, 7) is 0.767. The summed E-state index contributed by atoms with van der Waals surface area (Å²) in [6, 6.07) is 0. The highest BCUT2D eigenvalue weighted by Gasteiger charge is 2.30. The summed E-state index contributed by atoms with van der Waals surface area (Å²) in [5.74, 6) is -0.0296. The number of carbonyl (C=O) groups excluding carboxylic acids is 1. The number of methoxy groups -OCH3 is 1. The molecule has 2 rings (SSSR count). The number of ether oxygens (including phenoxy) is 1. The van der Waals surface area contributed by atoms with E-state index < -0.39 is 15.8 Å². The maximum absolute atomic E-state index is 12.0. The van der Waals surface area contributed by atoms with E-state index in [9.17, 15) is 13.2 Å². The second-order valence-electron chi connectivity index (χ2n) is 5.42. The van der Waals surface area contributed by atoms with Crippen LogP contribution >= 0.6 is 11.3 Å². The van der Waals surface area contributed by atoms with Crippen LogP contribution < -0.4 is 10.6 Å². The maximum atomic E-state index is 12.0. The van der Waals surface area contributed by atoms with Crippen molar-refractivity contribution < 1.29 is 17.9 Å². The quantitative estimate of drug-likeness (QED) is 0.826. The molecule has 0 radical (unpaired) electrons. The first kappa shape index (κ1) is 16.1. The van der Waals surface area contributed by atoms with Gasteiger partial charge in [-0.2, -0.15) is 0 Å². The van der Waals surface area contributed by atoms with Gasteiger partial charge >= 0.3 is 5.97 Å². The molecule has 1 fully saturated rings. The first-order valence-electron chi connectivity index (χ1n) is 6.67. The largest absolute Gasteiger partial charge is 0.465 e. The lowest BCUT2D eigenvalue weighted by molar-refractivity contribution is 0.0607. The van der Waals surface area contributed by atoms with Crippen LogP contribution in [0.2, 0.25) is 0 Å².